The van der Waals surface area contributed by atoms with Gasteiger partial charge in [0.2, 0.25) is 0 Å². The van der Waals surface area contributed by atoms with Gasteiger partial charge in [-0.1, -0.05) is 6.07 Å². The molecule has 0 unspecified atom stereocenters. The van der Waals surface area contributed by atoms with Crippen LogP contribution in [0.4, 0.5) is 4.79 Å². The number of likely N-dealkylation sites (N-methyl/N-ethyl adjacent to an activating group) is 1. The molecular weight excluding hydrogens is 306 g/mol. The Hall–Kier alpha value is -2.05. The predicted octanol–water partition coefficient (Wildman–Crippen LogP) is 2.10. The van der Waals surface area contributed by atoms with Crippen molar-refractivity contribution in [2.75, 3.05) is 46.9 Å². The number of benzene rings is 1. The van der Waals surface area contributed by atoms with E-state index in [1.54, 1.807) is 4.90 Å². The van der Waals surface area contributed by atoms with Crippen LogP contribution in [0.25, 0.3) is 10.9 Å². The molecule has 2 aliphatic rings. The number of carbonyl (C=O) groups is 1. The lowest BCUT2D eigenvalue weighted by molar-refractivity contribution is -0.177. The van der Waals surface area contributed by atoms with Crippen molar-refractivity contribution < 1.29 is 14.3 Å². The van der Waals surface area contributed by atoms with Gasteiger partial charge in [0.1, 0.15) is 5.75 Å². The third-order valence-electron chi connectivity index (χ3n) is 4.90. The van der Waals surface area contributed by atoms with E-state index in [1.165, 1.54) is 5.56 Å². The predicted molar refractivity (Wildman–Crippen MR) is 91.4 cm³/mol. The van der Waals surface area contributed by atoms with E-state index >= 15 is 0 Å². The van der Waals surface area contributed by atoms with Crippen molar-refractivity contribution in [3.63, 3.8) is 0 Å². The fourth-order valence-corrected chi connectivity index (χ4v) is 3.47. The van der Waals surface area contributed by atoms with E-state index in [9.17, 15) is 4.79 Å². The van der Waals surface area contributed by atoms with Gasteiger partial charge in [0, 0.05) is 36.7 Å². The minimum Gasteiger partial charge on any atom is -0.409 e. The van der Waals surface area contributed by atoms with E-state index in [-0.39, 0.29) is 11.5 Å². The molecule has 0 radical (unpaired) electrons. The summed E-state index contributed by atoms with van der Waals surface area (Å²) < 4.78 is 11.0. The zero-order chi connectivity index (χ0) is 16.7. The Morgan fingerprint density at radius 3 is 2.83 bits per heavy atom. The summed E-state index contributed by atoms with van der Waals surface area (Å²) in [6.45, 7) is 3.95. The van der Waals surface area contributed by atoms with Gasteiger partial charge in [-0.3, -0.25) is 0 Å². The minimum absolute atomic E-state index is 0.204. The molecule has 2 aliphatic heterocycles. The SMILES string of the molecule is CN(C)CCc1c[nH]c2cccc(OC(=O)N3CC4(COC4)C3)c12. The monoisotopic (exact) mass is 329 g/mol. The van der Waals surface area contributed by atoms with Gasteiger partial charge in [-0.2, -0.15) is 0 Å². The average molecular weight is 329 g/mol. The van der Waals surface area contributed by atoms with Gasteiger partial charge >= 0.3 is 6.09 Å². The van der Waals surface area contributed by atoms with Crippen molar-refractivity contribution in [3.05, 3.63) is 30.0 Å². The van der Waals surface area contributed by atoms with Crippen molar-refractivity contribution in [2.45, 2.75) is 6.42 Å². The molecule has 2 aromatic rings. The van der Waals surface area contributed by atoms with E-state index in [2.05, 4.69) is 24.0 Å². The largest absolute Gasteiger partial charge is 0.415 e. The third kappa shape index (κ3) is 2.65. The van der Waals surface area contributed by atoms with Crippen LogP contribution in [0.2, 0.25) is 0 Å². The number of hydrogen-bond donors (Lipinski definition) is 1. The van der Waals surface area contributed by atoms with Gasteiger partial charge in [0.25, 0.3) is 0 Å². The van der Waals surface area contributed by atoms with E-state index in [1.807, 2.05) is 24.4 Å². The molecule has 3 heterocycles. The molecule has 0 saturated carbocycles. The summed E-state index contributed by atoms with van der Waals surface area (Å²) in [5, 5.41) is 1.01. The average Bonchev–Trinajstić information content (AvgIpc) is 2.86. The second-order valence-corrected chi connectivity index (χ2v) is 7.26. The van der Waals surface area contributed by atoms with Crippen LogP contribution < -0.4 is 4.74 Å². The van der Waals surface area contributed by atoms with Gasteiger partial charge in [0.15, 0.2) is 0 Å². The van der Waals surface area contributed by atoms with Crippen LogP contribution in [-0.4, -0.2) is 67.8 Å². The topological polar surface area (TPSA) is 57.8 Å². The molecule has 1 N–H and O–H groups in total. The molecule has 1 spiro atoms. The number of likely N-dealkylation sites (tertiary alicyclic amines) is 1. The molecule has 1 amide bonds. The fraction of sp³-hybridized carbons (Fsp3) is 0.500. The molecular formula is C18H23N3O3. The number of aromatic nitrogens is 1. The van der Waals surface area contributed by atoms with Gasteiger partial charge in [0.05, 0.1) is 18.6 Å². The smallest absolute Gasteiger partial charge is 0.409 e. The Morgan fingerprint density at radius 2 is 2.17 bits per heavy atom. The van der Waals surface area contributed by atoms with Gasteiger partial charge < -0.3 is 24.3 Å². The highest BCUT2D eigenvalue weighted by Crippen LogP contribution is 2.38. The van der Waals surface area contributed by atoms with Crippen LogP contribution in [-0.2, 0) is 11.2 Å². The highest BCUT2D eigenvalue weighted by atomic mass is 16.6. The van der Waals surface area contributed by atoms with Crippen LogP contribution >= 0.6 is 0 Å². The number of ether oxygens (including phenoxy) is 2. The van der Waals surface area contributed by atoms with Crippen LogP contribution in [0, 0.1) is 5.41 Å². The molecule has 6 heteroatoms. The molecule has 128 valence electrons. The second-order valence-electron chi connectivity index (χ2n) is 7.26. The molecule has 2 saturated heterocycles. The van der Waals surface area contributed by atoms with Crippen molar-refractivity contribution in [2.24, 2.45) is 5.41 Å². The molecule has 24 heavy (non-hydrogen) atoms. The maximum atomic E-state index is 12.4. The number of nitrogens with zero attached hydrogens (tertiary/aromatic N) is 2. The van der Waals surface area contributed by atoms with Gasteiger partial charge in [-0.25, -0.2) is 4.79 Å². The molecule has 0 atom stereocenters. The first-order chi connectivity index (χ1) is 11.6. The van der Waals surface area contributed by atoms with Gasteiger partial charge in [-0.15, -0.1) is 0 Å². The van der Waals surface area contributed by atoms with Gasteiger partial charge in [-0.05, 0) is 38.2 Å². The Kier molecular flexibility index (Phi) is 3.73. The van der Waals surface area contributed by atoms with E-state index in [0.29, 0.717) is 5.75 Å². The third-order valence-corrected chi connectivity index (χ3v) is 4.90. The van der Waals surface area contributed by atoms with Crippen LogP contribution in [0.15, 0.2) is 24.4 Å². The summed E-state index contributed by atoms with van der Waals surface area (Å²) in [6.07, 6.45) is 2.65. The molecule has 6 nitrogen and oxygen atoms in total. The van der Waals surface area contributed by atoms with Crippen LogP contribution in [0.1, 0.15) is 5.56 Å². The highest BCUT2D eigenvalue weighted by molar-refractivity contribution is 5.91. The lowest BCUT2D eigenvalue weighted by Crippen LogP contribution is -2.67. The summed E-state index contributed by atoms with van der Waals surface area (Å²) >= 11 is 0. The zero-order valence-electron chi connectivity index (χ0n) is 14.2. The number of fused-ring (bicyclic) bond motifs is 1. The van der Waals surface area contributed by atoms with Crippen LogP contribution in [0.5, 0.6) is 5.75 Å². The second kappa shape index (κ2) is 5.79. The molecule has 4 rings (SSSR count). The lowest BCUT2D eigenvalue weighted by atomic mass is 9.78. The first kappa shape index (κ1) is 15.5. The summed E-state index contributed by atoms with van der Waals surface area (Å²) in [5.74, 6) is 0.637. The zero-order valence-corrected chi connectivity index (χ0v) is 14.2. The number of aromatic amines is 1. The van der Waals surface area contributed by atoms with Crippen molar-refractivity contribution >= 4 is 17.0 Å². The maximum Gasteiger partial charge on any atom is 0.415 e. The number of rotatable bonds is 4. The van der Waals surface area contributed by atoms with Crippen molar-refractivity contribution in [1.29, 1.82) is 0 Å². The normalized spacial score (nSPS) is 18.7. The summed E-state index contributed by atoms with van der Waals surface area (Å²) in [6, 6.07) is 5.79. The molecule has 1 aromatic heterocycles. The molecule has 2 fully saturated rings. The quantitative estimate of drug-likeness (QED) is 0.933. The highest BCUT2D eigenvalue weighted by Gasteiger charge is 2.51. The Balaban J connectivity index is 1.50. The van der Waals surface area contributed by atoms with E-state index in [0.717, 1.165) is 50.2 Å². The van der Waals surface area contributed by atoms with Crippen LogP contribution in [0.3, 0.4) is 0 Å². The fourth-order valence-electron chi connectivity index (χ4n) is 3.47. The molecule has 1 aromatic carbocycles. The van der Waals surface area contributed by atoms with E-state index < -0.39 is 0 Å². The first-order valence-electron chi connectivity index (χ1n) is 8.35. The number of amides is 1. The summed E-state index contributed by atoms with van der Waals surface area (Å²) in [4.78, 5) is 19.6. The number of nitrogens with one attached hydrogen (secondary N) is 1. The summed E-state index contributed by atoms with van der Waals surface area (Å²) in [5.41, 5.74) is 2.38. The van der Waals surface area contributed by atoms with E-state index in [4.69, 9.17) is 9.47 Å². The standard InChI is InChI=1S/C18H23N3O3/c1-20(2)7-6-13-8-19-14-4-3-5-15(16(13)14)24-17(22)21-9-18(10-21)11-23-12-18/h3-5,8,19H,6-7,9-12H2,1-2H3. The number of carbonyl (C=O) groups excluding carboxylic acids is 1. The lowest BCUT2D eigenvalue weighted by Gasteiger charge is -2.54. The number of H-pyrrole nitrogens is 1. The Labute approximate surface area is 141 Å². The number of hydrogen-bond acceptors (Lipinski definition) is 4. The minimum atomic E-state index is -0.264. The molecule has 0 aliphatic carbocycles. The van der Waals surface area contributed by atoms with Crippen molar-refractivity contribution in [1.82, 2.24) is 14.8 Å². The first-order valence-corrected chi connectivity index (χ1v) is 8.35. The Bertz CT molecular complexity index is 756. The maximum absolute atomic E-state index is 12.4. The Morgan fingerprint density at radius 1 is 1.38 bits per heavy atom. The molecule has 0 bridgehead atoms. The summed E-state index contributed by atoms with van der Waals surface area (Å²) in [7, 11) is 4.11. The van der Waals surface area contributed by atoms with Crippen molar-refractivity contribution in [3.8, 4) is 5.75 Å².